The third kappa shape index (κ3) is 3.89. The van der Waals surface area contributed by atoms with Crippen LogP contribution in [0, 0.1) is 11.6 Å². The summed E-state index contributed by atoms with van der Waals surface area (Å²) in [7, 11) is 0. The van der Waals surface area contributed by atoms with Crippen molar-refractivity contribution in [2.24, 2.45) is 5.10 Å². The van der Waals surface area contributed by atoms with E-state index in [1.165, 1.54) is 30.5 Å². The van der Waals surface area contributed by atoms with Crippen LogP contribution >= 0.6 is 0 Å². The molecule has 0 saturated heterocycles. The van der Waals surface area contributed by atoms with Crippen LogP contribution in [-0.2, 0) is 0 Å². The third-order valence-electron chi connectivity index (χ3n) is 3.57. The predicted octanol–water partition coefficient (Wildman–Crippen LogP) is 3.50. The molecule has 130 valence electrons. The Hall–Kier alpha value is -3.61. The lowest BCUT2D eigenvalue weighted by atomic mass is 10.0. The third-order valence-corrected chi connectivity index (χ3v) is 3.57. The number of phenolic OH excluding ortho intramolecular Hbond substituents is 1. The van der Waals surface area contributed by atoms with E-state index < -0.39 is 17.5 Å². The van der Waals surface area contributed by atoms with Crippen LogP contribution in [0.25, 0.3) is 11.1 Å². The van der Waals surface area contributed by atoms with E-state index in [4.69, 9.17) is 0 Å². The van der Waals surface area contributed by atoms with E-state index in [0.29, 0.717) is 5.56 Å². The average Bonchev–Trinajstić information content (AvgIpc) is 2.63. The zero-order valence-electron chi connectivity index (χ0n) is 13.4. The molecule has 3 rings (SSSR count). The summed E-state index contributed by atoms with van der Waals surface area (Å²) in [5, 5.41) is 13.7. The summed E-state index contributed by atoms with van der Waals surface area (Å²) in [6.45, 7) is 0. The van der Waals surface area contributed by atoms with Gasteiger partial charge in [-0.05, 0) is 47.5 Å². The number of nitrogens with one attached hydrogen (secondary N) is 1. The number of hydrogen-bond acceptors (Lipinski definition) is 4. The molecule has 3 aromatic rings. The number of halogens is 2. The Morgan fingerprint density at radius 1 is 1.08 bits per heavy atom. The summed E-state index contributed by atoms with van der Waals surface area (Å²) in [5.41, 5.74) is 3.36. The zero-order chi connectivity index (χ0) is 18.5. The number of aromatic hydroxyl groups is 1. The molecule has 2 aromatic carbocycles. The summed E-state index contributed by atoms with van der Waals surface area (Å²) in [4.78, 5) is 16.1. The molecule has 7 heteroatoms. The van der Waals surface area contributed by atoms with Crippen LogP contribution in [0.5, 0.6) is 5.75 Å². The van der Waals surface area contributed by atoms with Crippen molar-refractivity contribution in [2.45, 2.75) is 0 Å². The van der Waals surface area contributed by atoms with Crippen LogP contribution in [0.15, 0.2) is 66.0 Å². The number of rotatable bonds is 4. The molecular weight excluding hydrogens is 340 g/mol. The molecule has 1 aromatic heterocycles. The molecule has 1 amide bonds. The lowest BCUT2D eigenvalue weighted by molar-refractivity contribution is 0.0952. The first-order valence-corrected chi connectivity index (χ1v) is 7.56. The van der Waals surface area contributed by atoms with Crippen molar-refractivity contribution in [2.75, 3.05) is 0 Å². The van der Waals surface area contributed by atoms with Gasteiger partial charge in [-0.3, -0.25) is 9.78 Å². The van der Waals surface area contributed by atoms with E-state index in [1.54, 1.807) is 24.5 Å². The number of carbonyl (C=O) groups is 1. The van der Waals surface area contributed by atoms with Gasteiger partial charge in [0.25, 0.3) is 5.91 Å². The summed E-state index contributed by atoms with van der Waals surface area (Å²) >= 11 is 0. The molecule has 0 aliphatic rings. The van der Waals surface area contributed by atoms with Crippen molar-refractivity contribution in [1.29, 1.82) is 0 Å². The van der Waals surface area contributed by atoms with Gasteiger partial charge in [0, 0.05) is 24.0 Å². The first-order chi connectivity index (χ1) is 12.5. The van der Waals surface area contributed by atoms with Crippen molar-refractivity contribution in [1.82, 2.24) is 10.4 Å². The normalized spacial score (nSPS) is 10.8. The van der Waals surface area contributed by atoms with Gasteiger partial charge in [-0.25, -0.2) is 14.2 Å². The first-order valence-electron chi connectivity index (χ1n) is 7.56. The highest BCUT2D eigenvalue weighted by Gasteiger charge is 2.14. The van der Waals surface area contributed by atoms with Gasteiger partial charge in [0.2, 0.25) is 0 Å². The maximum absolute atomic E-state index is 13.9. The summed E-state index contributed by atoms with van der Waals surface area (Å²) in [6.07, 6.45) is 4.57. The Labute approximate surface area is 147 Å². The van der Waals surface area contributed by atoms with Crippen LogP contribution in [0.1, 0.15) is 15.9 Å². The van der Waals surface area contributed by atoms with Gasteiger partial charge >= 0.3 is 0 Å². The standard InChI is InChI=1S/C19H13F2N3O2/c20-14-2-3-15(17(21)10-14)13-1-4-18(25)16(9-13)19(26)24-23-11-12-5-7-22-8-6-12/h1-11,25H,(H,24,26). The molecule has 0 fully saturated rings. The van der Waals surface area contributed by atoms with E-state index in [1.807, 2.05) is 0 Å². The Morgan fingerprint density at radius 2 is 1.85 bits per heavy atom. The molecule has 0 atom stereocenters. The van der Waals surface area contributed by atoms with Crippen LogP contribution in [0.4, 0.5) is 8.78 Å². The average molecular weight is 353 g/mol. The van der Waals surface area contributed by atoms with Crippen molar-refractivity contribution >= 4 is 12.1 Å². The first kappa shape index (κ1) is 17.2. The van der Waals surface area contributed by atoms with Crippen molar-refractivity contribution in [3.63, 3.8) is 0 Å². The second-order valence-corrected chi connectivity index (χ2v) is 5.34. The van der Waals surface area contributed by atoms with E-state index >= 15 is 0 Å². The second-order valence-electron chi connectivity index (χ2n) is 5.34. The molecule has 1 heterocycles. The topological polar surface area (TPSA) is 74.6 Å². The molecule has 0 saturated carbocycles. The number of hydrogen-bond donors (Lipinski definition) is 2. The fourth-order valence-electron chi connectivity index (χ4n) is 2.28. The minimum absolute atomic E-state index is 0.0851. The number of hydrazone groups is 1. The summed E-state index contributed by atoms with van der Waals surface area (Å²) in [6, 6.07) is 10.5. The summed E-state index contributed by atoms with van der Waals surface area (Å²) in [5.74, 6) is -2.42. The van der Waals surface area contributed by atoms with Crippen LogP contribution in [-0.4, -0.2) is 22.2 Å². The van der Waals surface area contributed by atoms with Gasteiger partial charge in [0.05, 0.1) is 11.8 Å². The Balaban J connectivity index is 1.83. The zero-order valence-corrected chi connectivity index (χ0v) is 13.4. The minimum atomic E-state index is -0.766. The molecular formula is C19H13F2N3O2. The highest BCUT2D eigenvalue weighted by Crippen LogP contribution is 2.28. The maximum atomic E-state index is 13.9. The number of phenols is 1. The van der Waals surface area contributed by atoms with Gasteiger partial charge < -0.3 is 5.11 Å². The van der Waals surface area contributed by atoms with Crippen molar-refractivity contribution < 1.29 is 18.7 Å². The Morgan fingerprint density at radius 3 is 2.58 bits per heavy atom. The SMILES string of the molecule is O=C(NN=Cc1ccncc1)c1cc(-c2ccc(F)cc2F)ccc1O. The monoisotopic (exact) mass is 353 g/mol. The number of amides is 1. The Kier molecular flexibility index (Phi) is 4.98. The fraction of sp³-hybridized carbons (Fsp3) is 0. The van der Waals surface area contributed by atoms with Gasteiger partial charge in [-0.15, -0.1) is 0 Å². The Bertz CT molecular complexity index is 976. The fourth-order valence-corrected chi connectivity index (χ4v) is 2.28. The van der Waals surface area contributed by atoms with Gasteiger partial charge in [0.1, 0.15) is 17.4 Å². The van der Waals surface area contributed by atoms with Crippen molar-refractivity contribution in [3.8, 4) is 16.9 Å². The van der Waals surface area contributed by atoms with E-state index in [2.05, 4.69) is 15.5 Å². The van der Waals surface area contributed by atoms with Crippen LogP contribution in [0.3, 0.4) is 0 Å². The highest BCUT2D eigenvalue weighted by atomic mass is 19.1. The molecule has 0 bridgehead atoms. The van der Waals surface area contributed by atoms with E-state index in [9.17, 15) is 18.7 Å². The molecule has 5 nitrogen and oxygen atoms in total. The van der Waals surface area contributed by atoms with Gasteiger partial charge in [-0.2, -0.15) is 5.10 Å². The lowest BCUT2D eigenvalue weighted by Gasteiger charge is -2.08. The van der Waals surface area contributed by atoms with Crippen LogP contribution < -0.4 is 5.43 Å². The molecule has 0 spiro atoms. The minimum Gasteiger partial charge on any atom is -0.507 e. The highest BCUT2D eigenvalue weighted by molar-refractivity contribution is 5.98. The van der Waals surface area contributed by atoms with Gasteiger partial charge in [-0.1, -0.05) is 6.07 Å². The smallest absolute Gasteiger partial charge is 0.275 e. The van der Waals surface area contributed by atoms with Gasteiger partial charge in [0.15, 0.2) is 0 Å². The van der Waals surface area contributed by atoms with Crippen molar-refractivity contribution in [3.05, 3.63) is 83.7 Å². The quantitative estimate of drug-likeness (QED) is 0.557. The molecule has 0 aliphatic carbocycles. The largest absolute Gasteiger partial charge is 0.507 e. The van der Waals surface area contributed by atoms with Crippen LogP contribution in [0.2, 0.25) is 0 Å². The number of aromatic nitrogens is 1. The predicted molar refractivity (Wildman–Crippen MR) is 92.8 cm³/mol. The van der Waals surface area contributed by atoms with E-state index in [-0.39, 0.29) is 16.9 Å². The second kappa shape index (κ2) is 7.52. The molecule has 0 unspecified atom stereocenters. The van der Waals surface area contributed by atoms with E-state index in [0.717, 1.165) is 17.7 Å². The maximum Gasteiger partial charge on any atom is 0.275 e. The molecule has 26 heavy (non-hydrogen) atoms. The lowest BCUT2D eigenvalue weighted by Crippen LogP contribution is -2.17. The molecule has 0 aliphatic heterocycles. The molecule has 0 radical (unpaired) electrons. The number of nitrogens with zero attached hydrogens (tertiary/aromatic N) is 2. The summed E-state index contributed by atoms with van der Waals surface area (Å²) < 4.78 is 27.0. The number of pyridine rings is 1. The number of benzene rings is 2. The number of carbonyl (C=O) groups excluding carboxylic acids is 1. The molecule has 2 N–H and O–H groups in total.